The van der Waals surface area contributed by atoms with E-state index in [1.54, 1.807) is 0 Å². The Morgan fingerprint density at radius 1 is 0.450 bits per heavy atom. The molecule has 0 aliphatic carbocycles. The SMILES string of the molecule is C=CC[C@@H]1O[C@@H]2C3O[C@@H]4C[C@](CC[C@H]5CC(=C)[C@H](CCC6C[C@@H](C)C(=C)[C@@H](C[C@@H]7O[C@H](C[C@H](C)CC)[C@H](C)[C@H]7CC=O)O6)O5)(O[C@H]3C1C)O[C@H]24.C=CC[C@@H]1O[C@@H]2C3O[C@@H]4C[C@](CC[C@H]5CC(=C)[C@H](CCC6C[C@@H](C)C(=C)[C@@H](C[C@@H]7O[C@H](C[C@H](C)CC)[C@H](C)[C@H]7CCO)O6)O5)(O[C@H]3C1C)O[C@H]24. The lowest BCUT2D eigenvalue weighted by atomic mass is 9.79. The minimum absolute atomic E-state index is 0.0197. The zero-order chi connectivity index (χ0) is 70.6. The number of rotatable bonds is 30. The normalized spacial score (nSPS) is 48.7. The lowest BCUT2D eigenvalue weighted by Crippen LogP contribution is -2.54. The summed E-state index contributed by atoms with van der Waals surface area (Å²) < 4.78 is 93.6. The minimum atomic E-state index is -0.643. The highest BCUT2D eigenvalue weighted by Crippen LogP contribution is 2.57. The Bertz CT molecular complexity index is 2850. The predicted molar refractivity (Wildman–Crippen MR) is 384 cm³/mol. The molecule has 16 nitrogen and oxygen atoms in total. The largest absolute Gasteiger partial charge is 0.396 e. The maximum absolute atomic E-state index is 11.7. The number of hydrogen-bond acceptors (Lipinski definition) is 16. The molecule has 16 heteroatoms. The van der Waals surface area contributed by atoms with Crippen molar-refractivity contribution in [1.29, 1.82) is 0 Å². The summed E-state index contributed by atoms with van der Waals surface area (Å²) in [5.41, 5.74) is 4.72. The molecule has 0 aromatic rings. The van der Waals surface area contributed by atoms with Gasteiger partial charge in [-0.1, -0.05) is 121 Å². The summed E-state index contributed by atoms with van der Waals surface area (Å²) in [5.74, 6) is 2.54. The van der Waals surface area contributed by atoms with Gasteiger partial charge in [0, 0.05) is 63.4 Å². The standard InChI is InChI=1S/C42H66O8.C42H64O8/c2*1-9-11-33-28(8)38-40-41(47-33)39-37(48-40)22-42(49-38,50-39)16-14-30-20-25(5)32(44-30)13-12-29-19-24(4)26(6)35(45-29)21-36-31(15-17-43)27(7)34(46-36)18-23(3)10-2/h9,23-24,27-41,43H,1,5-6,10-22H2,2-4,7-8H3;9,17,23-24,27-41H,1,5-6,10-16,18-22H2,2-4,7-8H3/t2*23-,24-,27-,28?,29?,30+,31-,32+,33+,34-,35-,36+,37-,38+,39+,40?,41+,42-/m11/s1. The monoisotopic (exact) mass is 1390 g/mol. The van der Waals surface area contributed by atoms with Crippen LogP contribution in [-0.4, -0.2) is 176 Å². The van der Waals surface area contributed by atoms with Crippen LogP contribution in [0.15, 0.2) is 73.9 Å². The Morgan fingerprint density at radius 2 is 0.860 bits per heavy atom. The molecule has 0 aromatic carbocycles. The van der Waals surface area contributed by atoms with Crippen LogP contribution in [0, 0.1) is 59.2 Å². The van der Waals surface area contributed by atoms with E-state index >= 15 is 0 Å². The van der Waals surface area contributed by atoms with E-state index in [4.69, 9.17) is 66.3 Å². The molecule has 16 heterocycles. The number of aliphatic hydroxyl groups is 1. The van der Waals surface area contributed by atoms with Gasteiger partial charge in [0.25, 0.3) is 0 Å². The molecule has 100 heavy (non-hydrogen) atoms. The summed E-state index contributed by atoms with van der Waals surface area (Å²) in [7, 11) is 0. The van der Waals surface area contributed by atoms with Gasteiger partial charge in [-0.2, -0.15) is 0 Å². The molecule has 16 saturated heterocycles. The van der Waals surface area contributed by atoms with Crippen molar-refractivity contribution in [3.05, 3.63) is 73.9 Å². The molecule has 0 aromatic heterocycles. The first kappa shape index (κ1) is 75.7. The Kier molecular flexibility index (Phi) is 24.3. The third-order valence-electron chi connectivity index (χ3n) is 27.8. The fraction of sp³-hybridized carbons (Fsp3) is 0.845. The fourth-order valence-corrected chi connectivity index (χ4v) is 21.1. The average molecular weight is 1400 g/mol. The number of carbonyl (C=O) groups is 1. The van der Waals surface area contributed by atoms with Crippen molar-refractivity contribution in [3.8, 4) is 0 Å². The average Bonchev–Trinajstić information content (AvgIpc) is 1.56. The van der Waals surface area contributed by atoms with Gasteiger partial charge in [-0.3, -0.25) is 0 Å². The van der Waals surface area contributed by atoms with Crippen LogP contribution < -0.4 is 0 Å². The fourth-order valence-electron chi connectivity index (χ4n) is 21.1. The molecule has 16 aliphatic rings. The molecule has 16 fully saturated rings. The highest BCUT2D eigenvalue weighted by molar-refractivity contribution is 5.50. The van der Waals surface area contributed by atoms with Gasteiger partial charge in [-0.25, -0.2) is 0 Å². The Hall–Kier alpha value is -2.49. The van der Waals surface area contributed by atoms with Gasteiger partial charge in [-0.15, -0.1) is 13.2 Å². The molecular formula is C84H130O16. The van der Waals surface area contributed by atoms with Crippen LogP contribution in [0.25, 0.3) is 0 Å². The van der Waals surface area contributed by atoms with Gasteiger partial charge in [0.2, 0.25) is 0 Å². The number of aldehydes is 1. The van der Waals surface area contributed by atoms with Gasteiger partial charge < -0.3 is 76.2 Å². The van der Waals surface area contributed by atoms with E-state index in [2.05, 4.69) is 109 Å². The summed E-state index contributed by atoms with van der Waals surface area (Å²) in [6.07, 6.45) is 27.0. The first-order chi connectivity index (χ1) is 48.0. The van der Waals surface area contributed by atoms with Crippen LogP contribution in [0.5, 0.6) is 0 Å². The second-order valence-corrected chi connectivity index (χ2v) is 34.6. The summed E-state index contributed by atoms with van der Waals surface area (Å²) >= 11 is 0. The number of aliphatic hydroxyl groups excluding tert-OH is 1. The lowest BCUT2D eigenvalue weighted by Gasteiger charge is -2.42. The number of hydrogen-bond donors (Lipinski definition) is 1. The van der Waals surface area contributed by atoms with E-state index in [0.29, 0.717) is 47.8 Å². The molecule has 36 atom stereocenters. The van der Waals surface area contributed by atoms with Crippen LogP contribution in [0.1, 0.15) is 223 Å². The molecule has 0 amide bonds. The maximum Gasteiger partial charge on any atom is 0.172 e. The molecule has 562 valence electrons. The topological polar surface area (TPSA) is 167 Å². The van der Waals surface area contributed by atoms with Crippen LogP contribution in [-0.2, 0) is 71.1 Å². The maximum atomic E-state index is 11.7. The summed E-state index contributed by atoms with van der Waals surface area (Å²) in [5, 5.41) is 9.90. The van der Waals surface area contributed by atoms with Gasteiger partial charge in [0.15, 0.2) is 11.6 Å². The molecule has 1 N–H and O–H groups in total. The van der Waals surface area contributed by atoms with Gasteiger partial charge >= 0.3 is 0 Å². The first-order valence-corrected chi connectivity index (χ1v) is 40.3. The van der Waals surface area contributed by atoms with Crippen LogP contribution in [0.2, 0.25) is 0 Å². The second kappa shape index (κ2) is 32.1. The van der Waals surface area contributed by atoms with E-state index < -0.39 is 11.6 Å². The van der Waals surface area contributed by atoms with Crippen LogP contribution in [0.4, 0.5) is 0 Å². The van der Waals surface area contributed by atoms with Crippen molar-refractivity contribution in [3.63, 3.8) is 0 Å². The van der Waals surface area contributed by atoms with Gasteiger partial charge in [0.05, 0.1) is 110 Å². The molecule has 16 rings (SSSR count). The zero-order valence-electron chi connectivity index (χ0n) is 62.9. The van der Waals surface area contributed by atoms with E-state index in [9.17, 15) is 9.90 Å². The third-order valence-corrected chi connectivity index (χ3v) is 27.8. The van der Waals surface area contributed by atoms with E-state index in [1.165, 1.54) is 16.7 Å². The van der Waals surface area contributed by atoms with E-state index in [1.807, 2.05) is 12.2 Å². The van der Waals surface area contributed by atoms with Crippen LogP contribution in [0.3, 0.4) is 0 Å². The molecule has 16 aliphatic heterocycles. The Balaban J connectivity index is 0.000000179. The number of carbonyl (C=O) groups excluding carboxylic acids is 1. The highest BCUT2D eigenvalue weighted by Gasteiger charge is 2.69. The van der Waals surface area contributed by atoms with E-state index in [-0.39, 0.29) is 171 Å². The lowest BCUT2D eigenvalue weighted by molar-refractivity contribution is -0.263. The van der Waals surface area contributed by atoms with Crippen molar-refractivity contribution in [1.82, 2.24) is 0 Å². The van der Waals surface area contributed by atoms with Crippen molar-refractivity contribution >= 4 is 6.29 Å². The Morgan fingerprint density at radius 3 is 1.28 bits per heavy atom. The summed E-state index contributed by atoms with van der Waals surface area (Å²) in [6, 6.07) is 0. The smallest absolute Gasteiger partial charge is 0.172 e. The first-order valence-electron chi connectivity index (χ1n) is 40.3. The number of ether oxygens (including phenoxy) is 14. The summed E-state index contributed by atoms with van der Waals surface area (Å²) in [4.78, 5) is 11.7. The quantitative estimate of drug-likeness (QED) is 0.0532. The van der Waals surface area contributed by atoms with E-state index in [0.717, 1.165) is 160 Å². The summed E-state index contributed by atoms with van der Waals surface area (Å²) in [6.45, 7) is 48.6. The zero-order valence-corrected chi connectivity index (χ0v) is 62.9. The predicted octanol–water partition coefficient (Wildman–Crippen LogP) is 15.1. The van der Waals surface area contributed by atoms with Crippen molar-refractivity contribution in [2.24, 2.45) is 59.2 Å². The second-order valence-electron chi connectivity index (χ2n) is 34.6. The van der Waals surface area contributed by atoms with Gasteiger partial charge in [-0.05, 0) is 166 Å². The molecule has 0 radical (unpaired) electrons. The Labute approximate surface area is 600 Å². The minimum Gasteiger partial charge on any atom is -0.396 e. The van der Waals surface area contributed by atoms with Crippen molar-refractivity contribution in [2.75, 3.05) is 6.61 Å². The highest BCUT2D eigenvalue weighted by atomic mass is 16.8. The molecule has 0 saturated carbocycles. The molecular weight excluding hydrogens is 1260 g/mol. The van der Waals surface area contributed by atoms with Gasteiger partial charge in [0.1, 0.15) is 42.9 Å². The molecule has 6 unspecified atom stereocenters. The molecule has 12 bridgehead atoms. The third kappa shape index (κ3) is 15.6. The van der Waals surface area contributed by atoms with Crippen molar-refractivity contribution < 1.29 is 76.2 Å². The van der Waals surface area contributed by atoms with Crippen molar-refractivity contribution in [2.45, 2.75) is 381 Å². The molecule has 0 spiro atoms. The van der Waals surface area contributed by atoms with Crippen LogP contribution >= 0.6 is 0 Å².